The van der Waals surface area contributed by atoms with Crippen LogP contribution in [0.5, 0.6) is 0 Å². The first-order chi connectivity index (χ1) is 12.0. The molecule has 0 bridgehead atoms. The molecule has 0 atom stereocenters. The van der Waals surface area contributed by atoms with Gasteiger partial charge in [0, 0.05) is 32.1 Å². The lowest BCUT2D eigenvalue weighted by Crippen LogP contribution is -2.31. The Morgan fingerprint density at radius 1 is 1.20 bits per heavy atom. The van der Waals surface area contributed by atoms with Crippen LogP contribution in [0.2, 0.25) is 0 Å². The van der Waals surface area contributed by atoms with Crippen molar-refractivity contribution < 1.29 is 14.0 Å². The monoisotopic (exact) mass is 339 g/mol. The molecule has 25 heavy (non-hydrogen) atoms. The van der Waals surface area contributed by atoms with E-state index in [-0.39, 0.29) is 30.6 Å². The summed E-state index contributed by atoms with van der Waals surface area (Å²) in [4.78, 5) is 25.3. The summed E-state index contributed by atoms with van der Waals surface area (Å²) in [6, 6.07) is 14.5. The quantitative estimate of drug-likeness (QED) is 0.879. The van der Waals surface area contributed by atoms with Crippen LogP contribution >= 0.6 is 0 Å². The summed E-state index contributed by atoms with van der Waals surface area (Å²) >= 11 is 0. The number of nitrogens with zero attached hydrogens (tertiary/aromatic N) is 2. The van der Waals surface area contributed by atoms with Gasteiger partial charge in [-0.2, -0.15) is 5.26 Å². The van der Waals surface area contributed by atoms with E-state index in [1.54, 1.807) is 36.4 Å². The van der Waals surface area contributed by atoms with Gasteiger partial charge in [-0.05, 0) is 35.9 Å². The number of nitrogens with one attached hydrogen (secondary N) is 1. The normalized spacial score (nSPS) is 9.96. The minimum atomic E-state index is -0.336. The van der Waals surface area contributed by atoms with E-state index >= 15 is 0 Å². The zero-order valence-corrected chi connectivity index (χ0v) is 13.8. The highest BCUT2D eigenvalue weighted by atomic mass is 19.1. The van der Waals surface area contributed by atoms with Crippen molar-refractivity contribution in [3.8, 4) is 6.07 Å². The molecule has 0 saturated heterocycles. The van der Waals surface area contributed by atoms with Gasteiger partial charge in [0.15, 0.2) is 0 Å². The number of hydrogen-bond acceptors (Lipinski definition) is 3. The van der Waals surface area contributed by atoms with E-state index in [1.165, 1.54) is 24.0 Å². The molecule has 5 nitrogen and oxygen atoms in total. The maximum Gasteiger partial charge on any atom is 0.226 e. The predicted molar refractivity (Wildman–Crippen MR) is 91.9 cm³/mol. The molecule has 2 amide bonds. The number of benzene rings is 2. The number of nitriles is 1. The standard InChI is InChI=1S/C19H18FN3O2/c1-14(24)23(13-15-5-7-17(20)8-6-15)10-9-19(25)22-18-4-2-3-16(11-18)12-21/h2-8,11H,9-10,13H2,1H3,(H,22,25). The highest BCUT2D eigenvalue weighted by Gasteiger charge is 2.12. The Kier molecular flexibility index (Phi) is 6.24. The Hall–Kier alpha value is -3.20. The maximum atomic E-state index is 12.9. The van der Waals surface area contributed by atoms with E-state index in [9.17, 15) is 14.0 Å². The fourth-order valence-corrected chi connectivity index (χ4v) is 2.28. The number of amides is 2. The molecule has 0 aliphatic rings. The number of carbonyl (C=O) groups excluding carboxylic acids is 2. The summed E-state index contributed by atoms with van der Waals surface area (Å²) in [5.41, 5.74) is 1.79. The molecule has 0 aromatic heterocycles. The summed E-state index contributed by atoms with van der Waals surface area (Å²) in [5, 5.41) is 11.6. The van der Waals surface area contributed by atoms with Crippen molar-refractivity contribution in [3.05, 3.63) is 65.5 Å². The van der Waals surface area contributed by atoms with Crippen molar-refractivity contribution in [1.82, 2.24) is 4.90 Å². The van der Waals surface area contributed by atoms with Gasteiger partial charge < -0.3 is 10.2 Å². The van der Waals surface area contributed by atoms with E-state index in [4.69, 9.17) is 5.26 Å². The van der Waals surface area contributed by atoms with Gasteiger partial charge in [-0.1, -0.05) is 18.2 Å². The zero-order chi connectivity index (χ0) is 18.2. The predicted octanol–water partition coefficient (Wildman–Crippen LogP) is 3.07. The smallest absolute Gasteiger partial charge is 0.226 e. The summed E-state index contributed by atoms with van der Waals surface area (Å²) in [6.07, 6.45) is 0.123. The molecule has 0 heterocycles. The Morgan fingerprint density at radius 3 is 2.56 bits per heavy atom. The van der Waals surface area contributed by atoms with E-state index in [1.807, 2.05) is 6.07 Å². The SMILES string of the molecule is CC(=O)N(CCC(=O)Nc1cccc(C#N)c1)Cc1ccc(F)cc1. The molecule has 0 unspecified atom stereocenters. The third-order valence-electron chi connectivity index (χ3n) is 3.62. The number of anilines is 1. The lowest BCUT2D eigenvalue weighted by atomic mass is 10.2. The van der Waals surface area contributed by atoms with Crippen LogP contribution in [-0.4, -0.2) is 23.3 Å². The first-order valence-electron chi connectivity index (χ1n) is 7.78. The topological polar surface area (TPSA) is 73.2 Å². The van der Waals surface area contributed by atoms with Gasteiger partial charge in [-0.15, -0.1) is 0 Å². The zero-order valence-electron chi connectivity index (χ0n) is 13.8. The van der Waals surface area contributed by atoms with E-state index in [0.29, 0.717) is 17.8 Å². The average molecular weight is 339 g/mol. The Bertz CT molecular complexity index is 797. The van der Waals surface area contributed by atoms with Crippen molar-refractivity contribution in [2.45, 2.75) is 19.9 Å². The average Bonchev–Trinajstić information content (AvgIpc) is 2.60. The minimum Gasteiger partial charge on any atom is -0.338 e. The second-order valence-corrected chi connectivity index (χ2v) is 5.56. The molecular formula is C19H18FN3O2. The lowest BCUT2D eigenvalue weighted by molar-refractivity contribution is -0.129. The molecule has 2 rings (SSSR count). The van der Waals surface area contributed by atoms with Crippen LogP contribution in [0.15, 0.2) is 48.5 Å². The van der Waals surface area contributed by atoms with E-state index in [2.05, 4.69) is 5.32 Å². The summed E-state index contributed by atoms with van der Waals surface area (Å²) in [5.74, 6) is -0.749. The molecule has 0 aliphatic carbocycles. The van der Waals surface area contributed by atoms with Gasteiger partial charge in [-0.3, -0.25) is 9.59 Å². The molecule has 1 N–H and O–H groups in total. The van der Waals surface area contributed by atoms with Crippen LogP contribution in [0.3, 0.4) is 0 Å². The van der Waals surface area contributed by atoms with Gasteiger partial charge in [-0.25, -0.2) is 4.39 Å². The van der Waals surface area contributed by atoms with Crippen molar-refractivity contribution >= 4 is 17.5 Å². The number of halogens is 1. The summed E-state index contributed by atoms with van der Waals surface area (Å²) < 4.78 is 12.9. The molecule has 2 aromatic carbocycles. The second kappa shape index (κ2) is 8.60. The van der Waals surface area contributed by atoms with Crippen LogP contribution in [0.4, 0.5) is 10.1 Å². The number of carbonyl (C=O) groups is 2. The third-order valence-corrected chi connectivity index (χ3v) is 3.62. The first-order valence-corrected chi connectivity index (χ1v) is 7.78. The van der Waals surface area contributed by atoms with Crippen LogP contribution in [0.1, 0.15) is 24.5 Å². The molecule has 6 heteroatoms. The van der Waals surface area contributed by atoms with Crippen molar-refractivity contribution in [2.75, 3.05) is 11.9 Å². The Balaban J connectivity index is 1.91. The van der Waals surface area contributed by atoms with Gasteiger partial charge in [0.1, 0.15) is 5.82 Å². The largest absolute Gasteiger partial charge is 0.338 e. The first kappa shape index (κ1) is 18.1. The van der Waals surface area contributed by atoms with Crippen LogP contribution in [0.25, 0.3) is 0 Å². The fourth-order valence-electron chi connectivity index (χ4n) is 2.28. The molecule has 2 aromatic rings. The van der Waals surface area contributed by atoms with Gasteiger partial charge >= 0.3 is 0 Å². The van der Waals surface area contributed by atoms with Crippen molar-refractivity contribution in [3.63, 3.8) is 0 Å². The highest BCUT2D eigenvalue weighted by molar-refractivity contribution is 5.91. The minimum absolute atomic E-state index is 0.123. The number of hydrogen-bond donors (Lipinski definition) is 1. The van der Waals surface area contributed by atoms with Gasteiger partial charge in [0.05, 0.1) is 11.6 Å². The third kappa shape index (κ3) is 5.74. The lowest BCUT2D eigenvalue weighted by Gasteiger charge is -2.21. The molecule has 0 fully saturated rings. The van der Waals surface area contributed by atoms with Crippen molar-refractivity contribution in [1.29, 1.82) is 5.26 Å². The summed E-state index contributed by atoms with van der Waals surface area (Å²) in [7, 11) is 0. The highest BCUT2D eigenvalue weighted by Crippen LogP contribution is 2.11. The van der Waals surface area contributed by atoms with Gasteiger partial charge in [0.25, 0.3) is 0 Å². The molecule has 0 spiro atoms. The molecule has 0 radical (unpaired) electrons. The molecule has 0 aliphatic heterocycles. The van der Waals surface area contributed by atoms with E-state index in [0.717, 1.165) is 5.56 Å². The second-order valence-electron chi connectivity index (χ2n) is 5.56. The Morgan fingerprint density at radius 2 is 1.92 bits per heavy atom. The molecule has 128 valence electrons. The molecule has 0 saturated carbocycles. The van der Waals surface area contributed by atoms with Crippen molar-refractivity contribution in [2.24, 2.45) is 0 Å². The summed E-state index contributed by atoms with van der Waals surface area (Å²) in [6.45, 7) is 1.99. The van der Waals surface area contributed by atoms with Crippen LogP contribution < -0.4 is 5.32 Å². The number of rotatable bonds is 6. The van der Waals surface area contributed by atoms with E-state index < -0.39 is 0 Å². The van der Waals surface area contributed by atoms with Gasteiger partial charge in [0.2, 0.25) is 11.8 Å². The maximum absolute atomic E-state index is 12.9. The molecular weight excluding hydrogens is 321 g/mol. The Labute approximate surface area is 145 Å². The van der Waals surface area contributed by atoms with Crippen LogP contribution in [0, 0.1) is 17.1 Å². The van der Waals surface area contributed by atoms with Crippen LogP contribution in [-0.2, 0) is 16.1 Å². The fraction of sp³-hybridized carbons (Fsp3) is 0.211.